The molecule has 0 spiro atoms. The highest BCUT2D eigenvalue weighted by molar-refractivity contribution is 5.86. The van der Waals surface area contributed by atoms with Gasteiger partial charge in [0.25, 0.3) is 0 Å². The highest BCUT2D eigenvalue weighted by Gasteiger charge is 2.02. The number of ether oxygens (including phenoxy) is 1. The molecule has 0 bridgehead atoms. The standard InChI is InChI=1S/C9H14O3/c1-7(2)9(11)12-6-4-5-8(3)10/h1,4-6H2,2-3H3. The molecule has 0 aliphatic rings. The Morgan fingerprint density at radius 1 is 1.33 bits per heavy atom. The molecule has 0 radical (unpaired) electrons. The zero-order valence-corrected chi connectivity index (χ0v) is 7.55. The maximum atomic E-state index is 10.8. The molecule has 0 aromatic heterocycles. The van der Waals surface area contributed by atoms with Gasteiger partial charge in [0, 0.05) is 12.0 Å². The van der Waals surface area contributed by atoms with Crippen LogP contribution in [0.5, 0.6) is 0 Å². The largest absolute Gasteiger partial charge is 0.462 e. The van der Waals surface area contributed by atoms with Crippen LogP contribution in [0.3, 0.4) is 0 Å². The van der Waals surface area contributed by atoms with Crippen molar-refractivity contribution in [3.05, 3.63) is 12.2 Å². The molecule has 0 rings (SSSR count). The molecular formula is C9H14O3. The molecule has 0 saturated heterocycles. The van der Waals surface area contributed by atoms with E-state index in [9.17, 15) is 9.59 Å². The third-order valence-electron chi connectivity index (χ3n) is 1.25. The van der Waals surface area contributed by atoms with E-state index in [1.54, 1.807) is 6.92 Å². The Morgan fingerprint density at radius 2 is 1.92 bits per heavy atom. The number of esters is 1. The Labute approximate surface area is 72.4 Å². The van der Waals surface area contributed by atoms with Gasteiger partial charge in [-0.25, -0.2) is 4.79 Å². The zero-order chi connectivity index (χ0) is 9.56. The van der Waals surface area contributed by atoms with Gasteiger partial charge in [0.15, 0.2) is 0 Å². The van der Waals surface area contributed by atoms with Crippen LogP contribution in [0.2, 0.25) is 0 Å². The summed E-state index contributed by atoms with van der Waals surface area (Å²) in [6.07, 6.45) is 1.05. The number of rotatable bonds is 5. The Balaban J connectivity index is 3.38. The summed E-state index contributed by atoms with van der Waals surface area (Å²) in [7, 11) is 0. The number of ketones is 1. The van der Waals surface area contributed by atoms with E-state index in [1.807, 2.05) is 0 Å². The molecule has 0 amide bonds. The highest BCUT2D eigenvalue weighted by atomic mass is 16.5. The van der Waals surface area contributed by atoms with E-state index in [-0.39, 0.29) is 5.78 Å². The van der Waals surface area contributed by atoms with Crippen LogP contribution in [0.1, 0.15) is 26.7 Å². The van der Waals surface area contributed by atoms with Gasteiger partial charge in [-0.05, 0) is 20.3 Å². The SMILES string of the molecule is C=C(C)C(=O)OCCCC(C)=O. The first-order chi connectivity index (χ1) is 5.54. The maximum Gasteiger partial charge on any atom is 0.333 e. The van der Waals surface area contributed by atoms with E-state index >= 15 is 0 Å². The number of Topliss-reactive ketones (excluding diaryl/α,β-unsaturated/α-hetero) is 1. The fourth-order valence-electron chi connectivity index (χ4n) is 0.609. The summed E-state index contributed by atoms with van der Waals surface area (Å²) in [6.45, 7) is 6.83. The molecule has 0 aliphatic heterocycles. The summed E-state index contributed by atoms with van der Waals surface area (Å²) in [6, 6.07) is 0. The molecule has 0 fully saturated rings. The lowest BCUT2D eigenvalue weighted by molar-refractivity contribution is -0.139. The molecule has 0 atom stereocenters. The van der Waals surface area contributed by atoms with Gasteiger partial charge in [-0.1, -0.05) is 6.58 Å². The van der Waals surface area contributed by atoms with Crippen LogP contribution in [0.25, 0.3) is 0 Å². The molecule has 3 heteroatoms. The van der Waals surface area contributed by atoms with E-state index in [0.717, 1.165) is 0 Å². The number of hydrogen-bond acceptors (Lipinski definition) is 3. The van der Waals surface area contributed by atoms with Crippen LogP contribution in [0.15, 0.2) is 12.2 Å². The molecule has 12 heavy (non-hydrogen) atoms. The summed E-state index contributed by atoms with van der Waals surface area (Å²) in [5, 5.41) is 0. The van der Waals surface area contributed by atoms with E-state index in [2.05, 4.69) is 6.58 Å². The predicted molar refractivity (Wildman–Crippen MR) is 45.7 cm³/mol. The van der Waals surface area contributed by atoms with Crippen molar-refractivity contribution < 1.29 is 14.3 Å². The van der Waals surface area contributed by atoms with Crippen LogP contribution in [0.4, 0.5) is 0 Å². The molecule has 0 aliphatic carbocycles. The van der Waals surface area contributed by atoms with Gasteiger partial charge in [-0.15, -0.1) is 0 Å². The maximum absolute atomic E-state index is 10.8. The first kappa shape index (κ1) is 10.9. The third kappa shape index (κ3) is 5.65. The number of carbonyl (C=O) groups is 2. The fraction of sp³-hybridized carbons (Fsp3) is 0.556. The van der Waals surface area contributed by atoms with Crippen molar-refractivity contribution in [3.63, 3.8) is 0 Å². The van der Waals surface area contributed by atoms with Gasteiger partial charge in [0.05, 0.1) is 6.61 Å². The van der Waals surface area contributed by atoms with Crippen molar-refractivity contribution in [2.45, 2.75) is 26.7 Å². The van der Waals surface area contributed by atoms with Gasteiger partial charge >= 0.3 is 5.97 Å². The summed E-state index contributed by atoms with van der Waals surface area (Å²) < 4.78 is 4.76. The summed E-state index contributed by atoms with van der Waals surface area (Å²) in [5.74, 6) is -0.278. The second-order valence-corrected chi connectivity index (χ2v) is 2.72. The highest BCUT2D eigenvalue weighted by Crippen LogP contribution is 1.96. The second kappa shape index (κ2) is 5.52. The minimum absolute atomic E-state index is 0.112. The first-order valence-corrected chi connectivity index (χ1v) is 3.86. The molecule has 68 valence electrons. The lowest BCUT2D eigenvalue weighted by Crippen LogP contribution is -2.07. The van der Waals surface area contributed by atoms with Gasteiger partial charge < -0.3 is 9.53 Å². The molecule has 0 unspecified atom stereocenters. The van der Waals surface area contributed by atoms with Crippen molar-refractivity contribution >= 4 is 11.8 Å². The van der Waals surface area contributed by atoms with Crippen molar-refractivity contribution in [2.75, 3.05) is 6.61 Å². The quantitative estimate of drug-likeness (QED) is 0.356. The van der Waals surface area contributed by atoms with E-state index in [0.29, 0.717) is 25.0 Å². The molecule has 3 nitrogen and oxygen atoms in total. The van der Waals surface area contributed by atoms with Gasteiger partial charge in [-0.3, -0.25) is 0 Å². The smallest absolute Gasteiger partial charge is 0.333 e. The van der Waals surface area contributed by atoms with E-state index in [4.69, 9.17) is 4.74 Å². The molecule has 0 N–H and O–H groups in total. The normalized spacial score (nSPS) is 9.17. The topological polar surface area (TPSA) is 43.4 Å². The Bertz CT molecular complexity index is 194. The molecular weight excluding hydrogens is 156 g/mol. The van der Waals surface area contributed by atoms with Crippen LogP contribution in [-0.4, -0.2) is 18.4 Å². The van der Waals surface area contributed by atoms with E-state index < -0.39 is 5.97 Å². The van der Waals surface area contributed by atoms with Crippen LogP contribution < -0.4 is 0 Å². The van der Waals surface area contributed by atoms with Crippen molar-refractivity contribution in [3.8, 4) is 0 Å². The summed E-state index contributed by atoms with van der Waals surface area (Å²) in [5.41, 5.74) is 0.387. The first-order valence-electron chi connectivity index (χ1n) is 3.86. The van der Waals surface area contributed by atoms with Crippen molar-refractivity contribution in [2.24, 2.45) is 0 Å². The second-order valence-electron chi connectivity index (χ2n) is 2.72. The Morgan fingerprint density at radius 3 is 2.33 bits per heavy atom. The van der Waals surface area contributed by atoms with E-state index in [1.165, 1.54) is 6.92 Å². The zero-order valence-electron chi connectivity index (χ0n) is 7.55. The molecule has 0 saturated carbocycles. The predicted octanol–water partition coefficient (Wildman–Crippen LogP) is 1.47. The summed E-state index contributed by atoms with van der Waals surface area (Å²) >= 11 is 0. The fourth-order valence-corrected chi connectivity index (χ4v) is 0.609. The minimum Gasteiger partial charge on any atom is -0.462 e. The van der Waals surface area contributed by atoms with Gasteiger partial charge in [0.2, 0.25) is 0 Å². The van der Waals surface area contributed by atoms with Crippen molar-refractivity contribution in [1.82, 2.24) is 0 Å². The van der Waals surface area contributed by atoms with Crippen LogP contribution in [-0.2, 0) is 14.3 Å². The molecule has 0 aromatic rings. The number of hydrogen-bond donors (Lipinski definition) is 0. The van der Waals surface area contributed by atoms with Crippen LogP contribution in [0, 0.1) is 0 Å². The molecule has 0 aromatic carbocycles. The van der Waals surface area contributed by atoms with Crippen LogP contribution >= 0.6 is 0 Å². The lowest BCUT2D eigenvalue weighted by Gasteiger charge is -2.01. The van der Waals surface area contributed by atoms with Gasteiger partial charge in [-0.2, -0.15) is 0 Å². The molecule has 0 heterocycles. The Hall–Kier alpha value is -1.12. The average molecular weight is 170 g/mol. The lowest BCUT2D eigenvalue weighted by atomic mass is 10.2. The number of carbonyl (C=O) groups excluding carboxylic acids is 2. The summed E-state index contributed by atoms with van der Waals surface area (Å²) in [4.78, 5) is 21.2. The third-order valence-corrected chi connectivity index (χ3v) is 1.25. The van der Waals surface area contributed by atoms with Gasteiger partial charge in [0.1, 0.15) is 5.78 Å². The Kier molecular flexibility index (Phi) is 5.00. The average Bonchev–Trinajstić information content (AvgIpc) is 1.97. The van der Waals surface area contributed by atoms with Crippen molar-refractivity contribution in [1.29, 1.82) is 0 Å². The monoisotopic (exact) mass is 170 g/mol. The minimum atomic E-state index is -0.390.